The maximum absolute atomic E-state index is 13.1. The molecule has 0 aromatic heterocycles. The predicted molar refractivity (Wildman–Crippen MR) is 417 cm³/mol. The second-order valence-electron chi connectivity index (χ2n) is 23.8. The largest absolute Gasteiger partial charge is 0.472 e. The summed E-state index contributed by atoms with van der Waals surface area (Å²) in [6.45, 7) is 4.11. The van der Waals surface area contributed by atoms with Crippen LogP contribution in [-0.4, -0.2) is 96.7 Å². The van der Waals surface area contributed by atoms with Crippen LogP contribution in [-0.2, 0) is 65.4 Å². The number of phosphoric ester groups is 2. The van der Waals surface area contributed by atoms with Crippen LogP contribution in [0.4, 0.5) is 0 Å². The first-order valence-corrected chi connectivity index (χ1v) is 40.3. The Morgan fingerprint density at radius 3 is 0.922 bits per heavy atom. The lowest BCUT2D eigenvalue weighted by Gasteiger charge is -2.21. The second kappa shape index (κ2) is 73.0. The smallest absolute Gasteiger partial charge is 0.462 e. The molecular weight excluding hydrogens is 1330 g/mol. The molecule has 102 heavy (non-hydrogen) atoms. The van der Waals surface area contributed by atoms with Gasteiger partial charge in [0.15, 0.2) is 12.2 Å². The summed E-state index contributed by atoms with van der Waals surface area (Å²) >= 11 is 0. The highest BCUT2D eigenvalue weighted by molar-refractivity contribution is 7.47. The number of carbonyl (C=O) groups is 4. The second-order valence-corrected chi connectivity index (χ2v) is 26.7. The van der Waals surface area contributed by atoms with Gasteiger partial charge in [-0.3, -0.25) is 37.3 Å². The summed E-state index contributed by atoms with van der Waals surface area (Å²) in [7, 11) is -10.0. The molecule has 5 atom stereocenters. The monoisotopic (exact) mass is 1460 g/mol. The minimum Gasteiger partial charge on any atom is -0.462 e. The number of unbranched alkanes of at least 4 members (excludes halogenated alkanes) is 9. The number of hydrogen-bond acceptors (Lipinski definition) is 15. The fourth-order valence-electron chi connectivity index (χ4n) is 8.72. The van der Waals surface area contributed by atoms with Crippen molar-refractivity contribution >= 4 is 39.5 Å². The van der Waals surface area contributed by atoms with Crippen LogP contribution >= 0.6 is 15.6 Å². The maximum atomic E-state index is 13.1. The van der Waals surface area contributed by atoms with Gasteiger partial charge in [-0.2, -0.15) is 0 Å². The van der Waals surface area contributed by atoms with Crippen LogP contribution in [0.15, 0.2) is 207 Å². The number of phosphoric acid groups is 2. The standard InChI is InChI=1S/C83H128O17P2/c1-5-9-13-17-21-25-29-33-36-37-38-39-42-45-48-52-56-60-64-68-81(86)94-73-78(99-82(87)69-65-61-57-53-49-43-32-28-24-20-16-12-8-4)75-97-101(89,90)95-71-77(84)72-96-102(91,92)98-76-79(100-83(88)70-66-62-58-54-50-46-41-35-31-27-23-19-15-11-7-3)74-93-80(85)67-63-59-55-51-47-44-40-34-30-26-22-18-14-10-6-2/h9-11,13-16,20-23,25-28,32-36,38-41,45,47-48,50-51,54,59,62-63,66,77-79,84H,5-8,12,17-19,24,29-31,37,42-44,46,49,52-53,55-58,60-61,64-65,67-76H2,1-4H3,(H,89,90)(H,91,92)/b13-9-,14-10-,15-11-,20-16-,25-21-,26-22-,27-23-,32-28-,36-33-,39-38-,40-34-,41-35-,48-45-,51-47-,54-50-,63-59-,66-62-. The Balaban J connectivity index is 5.54. The van der Waals surface area contributed by atoms with E-state index in [1.54, 1.807) is 24.3 Å². The van der Waals surface area contributed by atoms with Crippen LogP contribution in [0.1, 0.15) is 233 Å². The maximum Gasteiger partial charge on any atom is 0.472 e. The third kappa shape index (κ3) is 72.0. The molecule has 0 amide bonds. The van der Waals surface area contributed by atoms with E-state index in [2.05, 4.69) is 186 Å². The quantitative estimate of drug-likeness (QED) is 0.0169. The first kappa shape index (κ1) is 95.6. The zero-order valence-corrected chi connectivity index (χ0v) is 64.0. The van der Waals surface area contributed by atoms with E-state index in [0.29, 0.717) is 25.7 Å². The lowest BCUT2D eigenvalue weighted by atomic mass is 10.1. The SMILES string of the molecule is CC/C=C\C/C=C\C/C=C\C/C=C\C/C=C\CCCCCC(=O)OCC(COP(=O)(O)OCC(O)COP(=O)(O)OCC(COC(=O)C/C=C\C/C=C\C/C=C\C/C=C\C/C=C\CC)OC(=O)C/C=C\C/C=C\C/C=C\C/C=C\C/C=C\CC)OC(=O)CCCCCCC/C=C\C/C=C\CCC. The molecule has 0 aliphatic heterocycles. The van der Waals surface area contributed by atoms with E-state index in [0.717, 1.165) is 154 Å². The van der Waals surface area contributed by atoms with E-state index in [4.69, 9.17) is 37.0 Å². The van der Waals surface area contributed by atoms with Crippen molar-refractivity contribution in [3.05, 3.63) is 207 Å². The number of allylic oxidation sites excluding steroid dienone is 32. The highest BCUT2D eigenvalue weighted by Crippen LogP contribution is 2.45. The highest BCUT2D eigenvalue weighted by atomic mass is 31.2. The summed E-state index contributed by atoms with van der Waals surface area (Å²) in [6.07, 6.45) is 90.4. The van der Waals surface area contributed by atoms with E-state index in [1.807, 2.05) is 24.3 Å². The Morgan fingerprint density at radius 2 is 0.559 bits per heavy atom. The van der Waals surface area contributed by atoms with E-state index in [9.17, 15) is 43.2 Å². The normalized spacial score (nSPS) is 15.1. The van der Waals surface area contributed by atoms with Gasteiger partial charge in [-0.05, 0) is 148 Å². The van der Waals surface area contributed by atoms with Crippen molar-refractivity contribution in [2.45, 2.75) is 251 Å². The van der Waals surface area contributed by atoms with Gasteiger partial charge in [0.25, 0.3) is 0 Å². The minimum atomic E-state index is -5.03. The average Bonchev–Trinajstić information content (AvgIpc) is 0.908. The molecule has 572 valence electrons. The predicted octanol–water partition coefficient (Wildman–Crippen LogP) is 21.5. The van der Waals surface area contributed by atoms with Gasteiger partial charge in [-0.15, -0.1) is 0 Å². The van der Waals surface area contributed by atoms with Crippen LogP contribution in [0.2, 0.25) is 0 Å². The van der Waals surface area contributed by atoms with Crippen molar-refractivity contribution in [1.29, 1.82) is 0 Å². The third-order valence-corrected chi connectivity index (χ3v) is 16.2. The lowest BCUT2D eigenvalue weighted by Crippen LogP contribution is -2.30. The van der Waals surface area contributed by atoms with Gasteiger partial charge in [0.05, 0.1) is 39.3 Å². The van der Waals surface area contributed by atoms with Crippen LogP contribution in [0.25, 0.3) is 0 Å². The van der Waals surface area contributed by atoms with Crippen molar-refractivity contribution in [3.63, 3.8) is 0 Å². The molecule has 0 aliphatic carbocycles. The Kier molecular flexibility index (Phi) is 68.4. The van der Waals surface area contributed by atoms with E-state index >= 15 is 0 Å². The number of aliphatic hydroxyl groups excluding tert-OH is 1. The zero-order valence-electron chi connectivity index (χ0n) is 62.2. The van der Waals surface area contributed by atoms with Crippen LogP contribution < -0.4 is 0 Å². The Labute approximate surface area is 614 Å². The van der Waals surface area contributed by atoms with Crippen LogP contribution in [0.3, 0.4) is 0 Å². The van der Waals surface area contributed by atoms with Crippen molar-refractivity contribution in [2.75, 3.05) is 39.6 Å². The van der Waals surface area contributed by atoms with Gasteiger partial charge < -0.3 is 33.8 Å². The molecule has 17 nitrogen and oxygen atoms in total. The van der Waals surface area contributed by atoms with Gasteiger partial charge >= 0.3 is 39.5 Å². The molecule has 0 bridgehead atoms. The van der Waals surface area contributed by atoms with Gasteiger partial charge in [-0.25, -0.2) is 9.13 Å². The summed E-state index contributed by atoms with van der Waals surface area (Å²) in [5, 5.41) is 10.6. The van der Waals surface area contributed by atoms with Gasteiger partial charge in [0.1, 0.15) is 19.3 Å². The number of ether oxygens (including phenoxy) is 4. The van der Waals surface area contributed by atoms with Crippen LogP contribution in [0, 0.1) is 0 Å². The Hall–Kier alpha value is -6.36. The number of carbonyl (C=O) groups excluding carboxylic acids is 4. The van der Waals surface area contributed by atoms with E-state index in [1.165, 1.54) is 0 Å². The van der Waals surface area contributed by atoms with E-state index in [-0.39, 0.29) is 25.7 Å². The number of hydrogen-bond donors (Lipinski definition) is 3. The van der Waals surface area contributed by atoms with Gasteiger partial charge in [0, 0.05) is 12.8 Å². The fourth-order valence-corrected chi connectivity index (χ4v) is 10.3. The summed E-state index contributed by atoms with van der Waals surface area (Å²) in [5.74, 6) is -2.56. The zero-order chi connectivity index (χ0) is 74.6. The van der Waals surface area contributed by atoms with Gasteiger partial charge in [-0.1, -0.05) is 266 Å². The summed E-state index contributed by atoms with van der Waals surface area (Å²) in [5.41, 5.74) is 0. The first-order chi connectivity index (χ1) is 49.7. The molecule has 0 spiro atoms. The summed E-state index contributed by atoms with van der Waals surface area (Å²) in [4.78, 5) is 72.7. The summed E-state index contributed by atoms with van der Waals surface area (Å²) in [6, 6.07) is 0. The minimum absolute atomic E-state index is 0.0573. The Morgan fingerprint density at radius 1 is 0.294 bits per heavy atom. The molecule has 0 aromatic rings. The number of rotatable bonds is 67. The average molecular weight is 1460 g/mol. The van der Waals surface area contributed by atoms with Crippen molar-refractivity contribution < 1.29 is 80.2 Å². The van der Waals surface area contributed by atoms with Crippen molar-refractivity contribution in [1.82, 2.24) is 0 Å². The molecule has 0 saturated carbocycles. The molecule has 0 radical (unpaired) electrons. The van der Waals surface area contributed by atoms with Gasteiger partial charge in [0.2, 0.25) is 0 Å². The van der Waals surface area contributed by atoms with Crippen molar-refractivity contribution in [3.8, 4) is 0 Å². The molecule has 0 rings (SSSR count). The summed E-state index contributed by atoms with van der Waals surface area (Å²) < 4.78 is 68.1. The van der Waals surface area contributed by atoms with Crippen LogP contribution in [0.5, 0.6) is 0 Å². The number of esters is 4. The molecule has 3 N–H and O–H groups in total. The number of aliphatic hydroxyl groups is 1. The molecule has 0 heterocycles. The topological polar surface area (TPSA) is 237 Å². The molecule has 0 aliphatic rings. The van der Waals surface area contributed by atoms with Crippen molar-refractivity contribution in [2.24, 2.45) is 0 Å². The fraction of sp³-hybridized carbons (Fsp3) is 0.542. The molecular formula is C83H128O17P2. The first-order valence-electron chi connectivity index (χ1n) is 37.3. The third-order valence-electron chi connectivity index (χ3n) is 14.3. The van der Waals surface area contributed by atoms with E-state index < -0.39 is 97.5 Å². The molecule has 5 unspecified atom stereocenters. The molecule has 0 fully saturated rings. The highest BCUT2D eigenvalue weighted by Gasteiger charge is 2.30. The molecule has 0 saturated heterocycles. The lowest BCUT2D eigenvalue weighted by molar-refractivity contribution is -0.161. The Bertz CT molecular complexity index is 2750. The molecule has 19 heteroatoms. The molecule has 0 aromatic carbocycles.